The Morgan fingerprint density at radius 2 is 0.806 bits per heavy atom. The molecule has 4 fully saturated rings. The molecular weight excluding hydrogens is 892 g/mol. The van der Waals surface area contributed by atoms with Gasteiger partial charge in [-0.2, -0.15) is 0 Å². The van der Waals surface area contributed by atoms with E-state index in [2.05, 4.69) is 6.92 Å². The molecule has 0 aromatic carbocycles. The zero-order chi connectivity index (χ0) is 49.5. The maximum Gasteiger partial charge on any atom is 0.303 e. The average molecular weight is 967 g/mol. The third-order valence-electron chi connectivity index (χ3n) is 12.1. The number of rotatable bonds is 24. The van der Waals surface area contributed by atoms with Crippen LogP contribution >= 0.6 is 0 Å². The molecule has 0 amide bonds. The summed E-state index contributed by atoms with van der Waals surface area (Å²) in [5, 5.41) is 45.7. The van der Waals surface area contributed by atoms with Gasteiger partial charge < -0.3 is 82.0 Å². The molecule has 0 bridgehead atoms. The Morgan fingerprint density at radius 3 is 1.30 bits per heavy atom. The van der Waals surface area contributed by atoms with E-state index in [0.717, 1.165) is 53.4 Å². The van der Waals surface area contributed by atoms with Gasteiger partial charge in [-0.25, -0.2) is 0 Å². The van der Waals surface area contributed by atoms with Gasteiger partial charge in [-0.15, -0.1) is 0 Å². The number of aliphatic hydroxyl groups excluding tert-OH is 4. The van der Waals surface area contributed by atoms with Crippen LogP contribution in [0.1, 0.15) is 127 Å². The highest BCUT2D eigenvalue weighted by Gasteiger charge is 2.57. The molecule has 0 radical (unpaired) electrons. The first-order valence-corrected chi connectivity index (χ1v) is 23.5. The standard InChI is InChI=1S/C45H74O22/c1-10-11-12-13-14-15-16-17-18-19-20-55-42-31(52)30(51)34(22(2)57-42)65-43-33(54)39(36(24(4)58-43)62-27(7)48)66-45-41(56-21-46)40(37(25(5)60-45)63-28(8)49)67-44-32(53)38(64-29(9)50)35(23(3)59-44)61-26(6)47/h21-25,30-45,51-54H,10-20H2,1-9H3/t22-,23-,24-,25-,30-,31+,32+,33+,34-,35-,36-,37-,38-,39-,40+,41+,42+,43-,44-,45-/m0/s1. The summed E-state index contributed by atoms with van der Waals surface area (Å²) in [6.07, 6.45) is -17.7. The highest BCUT2D eigenvalue weighted by atomic mass is 16.8. The maximum absolute atomic E-state index is 12.4. The van der Waals surface area contributed by atoms with Crippen LogP contribution in [-0.4, -0.2) is 180 Å². The fourth-order valence-corrected chi connectivity index (χ4v) is 8.78. The first-order chi connectivity index (χ1) is 31.8. The number of hydrogen-bond donors (Lipinski definition) is 4. The molecule has 0 aromatic heterocycles. The van der Waals surface area contributed by atoms with Gasteiger partial charge in [0, 0.05) is 34.3 Å². The van der Waals surface area contributed by atoms with Gasteiger partial charge in [0.15, 0.2) is 55.7 Å². The Balaban J connectivity index is 1.51. The molecule has 22 nitrogen and oxygen atoms in total. The van der Waals surface area contributed by atoms with Crippen molar-refractivity contribution in [3.8, 4) is 0 Å². The van der Waals surface area contributed by atoms with Crippen LogP contribution in [0.2, 0.25) is 0 Å². The molecule has 22 heteroatoms. The van der Waals surface area contributed by atoms with E-state index >= 15 is 0 Å². The molecular formula is C45H74O22. The minimum Gasteiger partial charge on any atom is -0.457 e. The van der Waals surface area contributed by atoms with Crippen LogP contribution in [-0.2, 0) is 85.6 Å². The van der Waals surface area contributed by atoms with Crippen molar-refractivity contribution in [2.75, 3.05) is 6.61 Å². The lowest BCUT2D eigenvalue weighted by atomic mass is 9.95. The molecule has 0 saturated carbocycles. The number of esters is 4. The Bertz CT molecular complexity index is 1550. The van der Waals surface area contributed by atoms with Crippen molar-refractivity contribution >= 4 is 30.3 Å². The van der Waals surface area contributed by atoms with Gasteiger partial charge in [-0.1, -0.05) is 64.7 Å². The molecule has 0 aromatic rings. The number of carbonyl (C=O) groups excluding carboxylic acids is 5. The molecule has 4 rings (SSSR count). The van der Waals surface area contributed by atoms with Crippen LogP contribution in [0.4, 0.5) is 0 Å². The Morgan fingerprint density at radius 1 is 0.433 bits per heavy atom. The monoisotopic (exact) mass is 966 g/mol. The van der Waals surface area contributed by atoms with Crippen molar-refractivity contribution in [3.05, 3.63) is 0 Å². The highest BCUT2D eigenvalue weighted by Crippen LogP contribution is 2.37. The molecule has 386 valence electrons. The van der Waals surface area contributed by atoms with Crippen LogP contribution < -0.4 is 0 Å². The topological polar surface area (TPSA) is 286 Å². The molecule has 0 spiro atoms. The summed E-state index contributed by atoms with van der Waals surface area (Å²) in [6.45, 7) is 12.9. The van der Waals surface area contributed by atoms with E-state index < -0.39 is 147 Å². The number of ether oxygens (including phenoxy) is 13. The zero-order valence-electron chi connectivity index (χ0n) is 40.0. The number of aliphatic hydroxyl groups is 4. The largest absolute Gasteiger partial charge is 0.457 e. The number of carbonyl (C=O) groups is 5. The van der Waals surface area contributed by atoms with Crippen molar-refractivity contribution in [2.24, 2.45) is 0 Å². The number of unbranched alkanes of at least 4 members (excludes halogenated alkanes) is 9. The Labute approximate surface area is 391 Å². The van der Waals surface area contributed by atoms with Crippen LogP contribution in [0.5, 0.6) is 0 Å². The predicted molar refractivity (Wildman–Crippen MR) is 227 cm³/mol. The summed E-state index contributed by atoms with van der Waals surface area (Å²) in [7, 11) is 0. The van der Waals surface area contributed by atoms with E-state index in [9.17, 15) is 44.4 Å². The molecule has 0 aliphatic carbocycles. The second kappa shape index (κ2) is 27.3. The predicted octanol–water partition coefficient (Wildman–Crippen LogP) is 1.77. The average Bonchev–Trinajstić information content (AvgIpc) is 3.25. The molecule has 0 unspecified atom stereocenters. The van der Waals surface area contributed by atoms with Gasteiger partial charge in [0.2, 0.25) is 0 Å². The summed E-state index contributed by atoms with van der Waals surface area (Å²) in [5.74, 6) is -3.20. The highest BCUT2D eigenvalue weighted by molar-refractivity contribution is 5.68. The minimum atomic E-state index is -1.85. The van der Waals surface area contributed by atoms with Crippen molar-refractivity contribution in [1.82, 2.24) is 0 Å². The molecule has 4 saturated heterocycles. The maximum atomic E-state index is 12.4. The zero-order valence-corrected chi connectivity index (χ0v) is 40.0. The first kappa shape index (κ1) is 56.5. The van der Waals surface area contributed by atoms with Crippen LogP contribution in [0, 0.1) is 0 Å². The second-order valence-corrected chi connectivity index (χ2v) is 17.6. The van der Waals surface area contributed by atoms with Crippen LogP contribution in [0.25, 0.3) is 0 Å². The first-order valence-electron chi connectivity index (χ1n) is 23.5. The fourth-order valence-electron chi connectivity index (χ4n) is 8.78. The van der Waals surface area contributed by atoms with Crippen molar-refractivity contribution in [1.29, 1.82) is 0 Å². The van der Waals surface area contributed by atoms with Crippen LogP contribution in [0.15, 0.2) is 0 Å². The second-order valence-electron chi connectivity index (χ2n) is 17.6. The molecule has 4 aliphatic rings. The van der Waals surface area contributed by atoms with Crippen LogP contribution in [0.3, 0.4) is 0 Å². The third-order valence-corrected chi connectivity index (χ3v) is 12.1. The molecule has 4 N–H and O–H groups in total. The molecule has 4 aliphatic heterocycles. The lowest BCUT2D eigenvalue weighted by molar-refractivity contribution is -0.384. The summed E-state index contributed by atoms with van der Waals surface area (Å²) in [4.78, 5) is 61.0. The van der Waals surface area contributed by atoms with E-state index in [1.807, 2.05) is 0 Å². The Hall–Kier alpha value is -3.13. The summed E-state index contributed by atoms with van der Waals surface area (Å²) in [5.41, 5.74) is 0. The van der Waals surface area contributed by atoms with Crippen molar-refractivity contribution in [3.63, 3.8) is 0 Å². The summed E-state index contributed by atoms with van der Waals surface area (Å²) >= 11 is 0. The summed E-state index contributed by atoms with van der Waals surface area (Å²) < 4.78 is 75.6. The van der Waals surface area contributed by atoms with E-state index in [-0.39, 0.29) is 6.47 Å². The van der Waals surface area contributed by atoms with Gasteiger partial charge in [0.25, 0.3) is 6.47 Å². The van der Waals surface area contributed by atoms with E-state index in [4.69, 9.17) is 61.6 Å². The minimum absolute atomic E-state index is 0.0185. The van der Waals surface area contributed by atoms with E-state index in [1.54, 1.807) is 6.92 Å². The third kappa shape index (κ3) is 15.9. The quantitative estimate of drug-likeness (QED) is 0.0464. The van der Waals surface area contributed by atoms with Gasteiger partial charge >= 0.3 is 23.9 Å². The molecule has 4 heterocycles. The molecule has 20 atom stereocenters. The smallest absolute Gasteiger partial charge is 0.303 e. The summed E-state index contributed by atoms with van der Waals surface area (Å²) in [6, 6.07) is 0. The van der Waals surface area contributed by atoms with Crippen molar-refractivity contribution in [2.45, 2.75) is 249 Å². The molecule has 67 heavy (non-hydrogen) atoms. The normalized spacial score (nSPS) is 38.9. The van der Waals surface area contributed by atoms with Gasteiger partial charge in [0.1, 0.15) is 42.7 Å². The van der Waals surface area contributed by atoms with E-state index in [1.165, 1.54) is 59.3 Å². The number of hydrogen-bond acceptors (Lipinski definition) is 22. The van der Waals surface area contributed by atoms with Gasteiger partial charge in [0.05, 0.1) is 24.4 Å². The lowest BCUT2D eigenvalue weighted by Crippen LogP contribution is -2.67. The lowest BCUT2D eigenvalue weighted by Gasteiger charge is -2.50. The Kier molecular flexibility index (Phi) is 23.0. The van der Waals surface area contributed by atoms with Crippen molar-refractivity contribution < 1.29 is 106 Å². The van der Waals surface area contributed by atoms with Gasteiger partial charge in [-0.05, 0) is 34.1 Å². The van der Waals surface area contributed by atoms with Gasteiger partial charge in [-0.3, -0.25) is 24.0 Å². The van der Waals surface area contributed by atoms with E-state index in [0.29, 0.717) is 6.61 Å². The SMILES string of the molecule is CCCCCCCCCCCCO[C@@H]1O[C@@H](C)[C@H](O[C@@H]2O[C@@H](C)[C@H](OC(C)=O)[C@@H](O[C@@H]3O[C@@H](C)[C@H](OC(C)=O)[C@@H](O[C@@H]4O[C@@H](C)[C@H](OC(C)=O)[C@@H](OC(C)=O)[C@H]4O)[C@H]3OC=O)[C@H]2O)[C@@H](O)[C@H]1O. The fraction of sp³-hybridized carbons (Fsp3) is 0.889.